The van der Waals surface area contributed by atoms with Gasteiger partial charge in [-0.2, -0.15) is 0 Å². The number of piperazine rings is 1. The second-order valence-electron chi connectivity index (χ2n) is 6.04. The quantitative estimate of drug-likeness (QED) is 0.867. The molecule has 3 rings (SSSR count). The standard InChI is InChI=1S/C16H24ClN3/c17-15-7-6-14(12-19-15)16(13-4-2-1-3-5-13)20-10-8-18-9-11-20/h6-7,12-13,16,18H,1-5,8-11H2/t16-/m1/s1. The van der Waals surface area contributed by atoms with Gasteiger partial charge in [-0.3, -0.25) is 4.90 Å². The molecular weight excluding hydrogens is 270 g/mol. The molecule has 2 fully saturated rings. The maximum absolute atomic E-state index is 5.95. The molecule has 1 aromatic heterocycles. The highest BCUT2D eigenvalue weighted by Crippen LogP contribution is 2.38. The number of hydrogen-bond acceptors (Lipinski definition) is 3. The molecule has 1 atom stereocenters. The molecular formula is C16H24ClN3. The molecule has 1 saturated carbocycles. The van der Waals surface area contributed by atoms with Crippen molar-refractivity contribution in [2.24, 2.45) is 5.92 Å². The third-order valence-corrected chi connectivity index (χ3v) is 4.96. The summed E-state index contributed by atoms with van der Waals surface area (Å²) in [5, 5.41) is 4.05. The van der Waals surface area contributed by atoms with Crippen molar-refractivity contribution in [1.82, 2.24) is 15.2 Å². The van der Waals surface area contributed by atoms with Gasteiger partial charge in [-0.05, 0) is 30.4 Å². The summed E-state index contributed by atoms with van der Waals surface area (Å²) >= 11 is 5.95. The number of hydrogen-bond donors (Lipinski definition) is 1. The monoisotopic (exact) mass is 293 g/mol. The molecule has 3 nitrogen and oxygen atoms in total. The Balaban J connectivity index is 1.83. The van der Waals surface area contributed by atoms with Crippen molar-refractivity contribution in [3.63, 3.8) is 0 Å². The van der Waals surface area contributed by atoms with E-state index >= 15 is 0 Å². The zero-order chi connectivity index (χ0) is 13.8. The van der Waals surface area contributed by atoms with E-state index in [1.54, 1.807) is 0 Å². The maximum Gasteiger partial charge on any atom is 0.129 e. The van der Waals surface area contributed by atoms with Crippen LogP contribution in [0, 0.1) is 5.92 Å². The minimum absolute atomic E-state index is 0.530. The first-order valence-electron chi connectivity index (χ1n) is 7.91. The van der Waals surface area contributed by atoms with Gasteiger partial charge in [0.25, 0.3) is 0 Å². The van der Waals surface area contributed by atoms with Gasteiger partial charge in [-0.15, -0.1) is 0 Å². The van der Waals surface area contributed by atoms with Gasteiger partial charge < -0.3 is 5.32 Å². The summed E-state index contributed by atoms with van der Waals surface area (Å²) < 4.78 is 0. The Morgan fingerprint density at radius 1 is 1.15 bits per heavy atom. The molecule has 110 valence electrons. The van der Waals surface area contributed by atoms with E-state index in [2.05, 4.69) is 21.3 Å². The van der Waals surface area contributed by atoms with Crippen molar-refractivity contribution in [3.8, 4) is 0 Å². The molecule has 1 aliphatic carbocycles. The SMILES string of the molecule is Clc1ccc([C@@H](C2CCCCC2)N2CCNCC2)cn1. The molecule has 1 aromatic rings. The van der Waals surface area contributed by atoms with Crippen LogP contribution < -0.4 is 5.32 Å². The van der Waals surface area contributed by atoms with Crippen LogP contribution in [0.1, 0.15) is 43.7 Å². The van der Waals surface area contributed by atoms with Crippen LogP contribution in [0.2, 0.25) is 5.15 Å². The zero-order valence-corrected chi connectivity index (χ0v) is 12.8. The maximum atomic E-state index is 5.95. The van der Waals surface area contributed by atoms with E-state index in [4.69, 9.17) is 11.6 Å². The van der Waals surface area contributed by atoms with Crippen molar-refractivity contribution in [2.45, 2.75) is 38.1 Å². The van der Waals surface area contributed by atoms with Gasteiger partial charge in [-0.25, -0.2) is 4.98 Å². The Bertz CT molecular complexity index is 390. The minimum atomic E-state index is 0.530. The van der Waals surface area contributed by atoms with E-state index < -0.39 is 0 Å². The molecule has 2 aliphatic rings. The number of aromatic nitrogens is 1. The minimum Gasteiger partial charge on any atom is -0.314 e. The normalized spacial score (nSPS) is 23.6. The molecule has 0 unspecified atom stereocenters. The lowest BCUT2D eigenvalue weighted by atomic mass is 9.80. The zero-order valence-electron chi connectivity index (χ0n) is 12.0. The van der Waals surface area contributed by atoms with E-state index in [-0.39, 0.29) is 0 Å². The first-order valence-corrected chi connectivity index (χ1v) is 8.28. The summed E-state index contributed by atoms with van der Waals surface area (Å²) in [7, 11) is 0. The van der Waals surface area contributed by atoms with Crippen LogP contribution >= 0.6 is 11.6 Å². The Labute approximate surface area is 126 Å². The van der Waals surface area contributed by atoms with Crippen molar-refractivity contribution in [2.75, 3.05) is 26.2 Å². The van der Waals surface area contributed by atoms with Gasteiger partial charge in [0.2, 0.25) is 0 Å². The average molecular weight is 294 g/mol. The Hall–Kier alpha value is -0.640. The molecule has 1 saturated heterocycles. The van der Waals surface area contributed by atoms with Gasteiger partial charge in [0.05, 0.1) is 0 Å². The molecule has 0 spiro atoms. The van der Waals surface area contributed by atoms with Crippen LogP contribution in [0.3, 0.4) is 0 Å². The predicted molar refractivity (Wildman–Crippen MR) is 83.0 cm³/mol. The Morgan fingerprint density at radius 3 is 2.55 bits per heavy atom. The number of pyridine rings is 1. The fraction of sp³-hybridized carbons (Fsp3) is 0.688. The van der Waals surface area contributed by atoms with Gasteiger partial charge >= 0.3 is 0 Å². The number of nitrogens with zero attached hydrogens (tertiary/aromatic N) is 2. The van der Waals surface area contributed by atoms with Crippen molar-refractivity contribution in [1.29, 1.82) is 0 Å². The number of halogens is 1. The molecule has 0 aromatic carbocycles. The second kappa shape index (κ2) is 6.88. The van der Waals surface area contributed by atoms with E-state index in [1.165, 1.54) is 37.7 Å². The highest BCUT2D eigenvalue weighted by molar-refractivity contribution is 6.29. The summed E-state index contributed by atoms with van der Waals surface area (Å²) in [6, 6.07) is 4.65. The predicted octanol–water partition coefficient (Wildman–Crippen LogP) is 3.26. The van der Waals surface area contributed by atoms with Crippen LogP contribution in [-0.4, -0.2) is 36.1 Å². The lowest BCUT2D eigenvalue weighted by Crippen LogP contribution is -2.47. The average Bonchev–Trinajstić information content (AvgIpc) is 2.52. The third kappa shape index (κ3) is 3.33. The lowest BCUT2D eigenvalue weighted by Gasteiger charge is -2.41. The first-order chi connectivity index (χ1) is 9.84. The molecule has 0 bridgehead atoms. The summed E-state index contributed by atoms with van der Waals surface area (Å²) in [5.74, 6) is 0.782. The van der Waals surface area contributed by atoms with Gasteiger partial charge in [0.1, 0.15) is 5.15 Å². The summed E-state index contributed by atoms with van der Waals surface area (Å²) in [5.41, 5.74) is 1.35. The lowest BCUT2D eigenvalue weighted by molar-refractivity contribution is 0.103. The molecule has 1 N–H and O–H groups in total. The van der Waals surface area contributed by atoms with E-state index in [1.807, 2.05) is 12.3 Å². The smallest absolute Gasteiger partial charge is 0.129 e. The molecule has 0 amide bonds. The van der Waals surface area contributed by atoms with Gasteiger partial charge in [0, 0.05) is 38.4 Å². The molecule has 1 aliphatic heterocycles. The Morgan fingerprint density at radius 2 is 1.90 bits per heavy atom. The fourth-order valence-electron chi connectivity index (χ4n) is 3.75. The van der Waals surface area contributed by atoms with Crippen molar-refractivity contribution >= 4 is 11.6 Å². The third-order valence-electron chi connectivity index (χ3n) is 4.73. The largest absolute Gasteiger partial charge is 0.314 e. The van der Waals surface area contributed by atoms with Crippen LogP contribution in [0.5, 0.6) is 0 Å². The molecule has 20 heavy (non-hydrogen) atoms. The highest BCUT2D eigenvalue weighted by atomic mass is 35.5. The van der Waals surface area contributed by atoms with Crippen LogP contribution in [0.25, 0.3) is 0 Å². The van der Waals surface area contributed by atoms with E-state index in [0.29, 0.717) is 11.2 Å². The van der Waals surface area contributed by atoms with Crippen LogP contribution in [0.4, 0.5) is 0 Å². The number of nitrogens with one attached hydrogen (secondary N) is 1. The highest BCUT2D eigenvalue weighted by Gasteiger charge is 2.30. The topological polar surface area (TPSA) is 28.2 Å². The van der Waals surface area contributed by atoms with Crippen molar-refractivity contribution in [3.05, 3.63) is 29.0 Å². The van der Waals surface area contributed by atoms with Gasteiger partial charge in [0.15, 0.2) is 0 Å². The summed E-state index contributed by atoms with van der Waals surface area (Å²) in [6.07, 6.45) is 8.88. The fourth-order valence-corrected chi connectivity index (χ4v) is 3.87. The van der Waals surface area contributed by atoms with Crippen LogP contribution in [0.15, 0.2) is 18.3 Å². The molecule has 4 heteroatoms. The number of rotatable bonds is 3. The molecule has 2 heterocycles. The van der Waals surface area contributed by atoms with E-state index in [9.17, 15) is 0 Å². The Kier molecular flexibility index (Phi) is 4.92. The second-order valence-corrected chi connectivity index (χ2v) is 6.43. The first kappa shape index (κ1) is 14.3. The molecule has 0 radical (unpaired) electrons. The van der Waals surface area contributed by atoms with E-state index in [0.717, 1.165) is 32.1 Å². The summed E-state index contributed by atoms with van der Waals surface area (Å²) in [6.45, 7) is 4.49. The van der Waals surface area contributed by atoms with Crippen LogP contribution in [-0.2, 0) is 0 Å². The summed E-state index contributed by atoms with van der Waals surface area (Å²) in [4.78, 5) is 6.96. The van der Waals surface area contributed by atoms with Gasteiger partial charge in [-0.1, -0.05) is 36.9 Å². The van der Waals surface area contributed by atoms with Crippen molar-refractivity contribution < 1.29 is 0 Å².